The minimum atomic E-state index is -0.552. The maximum absolute atomic E-state index is 12.3. The van der Waals surface area contributed by atoms with E-state index < -0.39 is 11.6 Å². The topological polar surface area (TPSA) is 59.7 Å². The lowest BCUT2D eigenvalue weighted by molar-refractivity contribution is 0.00709. The van der Waals surface area contributed by atoms with Crippen LogP contribution in [0.3, 0.4) is 0 Å². The Labute approximate surface area is 140 Å². The highest BCUT2D eigenvalue weighted by molar-refractivity contribution is 6.04. The van der Waals surface area contributed by atoms with Crippen molar-refractivity contribution < 1.29 is 19.1 Å². The molecule has 0 unspecified atom stereocenters. The van der Waals surface area contributed by atoms with Crippen molar-refractivity contribution in [3.63, 3.8) is 0 Å². The van der Waals surface area contributed by atoms with Gasteiger partial charge in [0.05, 0.1) is 0 Å². The second-order valence-electron chi connectivity index (χ2n) is 6.86. The maximum Gasteiger partial charge on any atom is 0.342 e. The van der Waals surface area contributed by atoms with Crippen LogP contribution in [0, 0.1) is 6.92 Å². The van der Waals surface area contributed by atoms with Gasteiger partial charge in [-0.25, -0.2) is 4.79 Å². The fraction of sp³-hybridized carbons (Fsp3) is 0.250. The van der Waals surface area contributed by atoms with Crippen LogP contribution in [0.2, 0.25) is 0 Å². The van der Waals surface area contributed by atoms with E-state index in [1.165, 1.54) is 6.26 Å². The smallest absolute Gasteiger partial charge is 0.342 e. The number of hydrogen-bond donors (Lipinski definition) is 1. The van der Waals surface area contributed by atoms with Crippen molar-refractivity contribution in [1.82, 2.24) is 0 Å². The normalized spacial score (nSPS) is 11.7. The van der Waals surface area contributed by atoms with Gasteiger partial charge in [0.15, 0.2) is 0 Å². The van der Waals surface area contributed by atoms with Gasteiger partial charge in [-0.2, -0.15) is 0 Å². The summed E-state index contributed by atoms with van der Waals surface area (Å²) in [4.78, 5) is 12.3. The standard InChI is InChI=1S/C20H20O4/c1-12-9-14(21)6-8-15(12)13-5-7-16-17(11-23-18(16)10-13)19(22)24-20(2,3)4/h5-11,21H,1-4H3. The molecule has 1 heterocycles. The second-order valence-corrected chi connectivity index (χ2v) is 6.86. The first kappa shape index (κ1) is 16.1. The van der Waals surface area contributed by atoms with Gasteiger partial charge in [0, 0.05) is 5.39 Å². The summed E-state index contributed by atoms with van der Waals surface area (Å²) < 4.78 is 11.0. The van der Waals surface area contributed by atoms with Crippen LogP contribution in [-0.2, 0) is 4.74 Å². The first-order valence-corrected chi connectivity index (χ1v) is 7.79. The lowest BCUT2D eigenvalue weighted by Crippen LogP contribution is -2.23. The molecule has 4 nitrogen and oxygen atoms in total. The number of carbonyl (C=O) groups is 1. The van der Waals surface area contributed by atoms with Crippen molar-refractivity contribution in [3.05, 3.63) is 53.8 Å². The number of aromatic hydroxyl groups is 1. The molecule has 0 saturated carbocycles. The number of furan rings is 1. The van der Waals surface area contributed by atoms with Crippen LogP contribution < -0.4 is 0 Å². The van der Waals surface area contributed by atoms with Gasteiger partial charge in [0.1, 0.15) is 28.8 Å². The van der Waals surface area contributed by atoms with E-state index in [0.717, 1.165) is 22.1 Å². The van der Waals surface area contributed by atoms with Crippen molar-refractivity contribution in [1.29, 1.82) is 0 Å². The van der Waals surface area contributed by atoms with Gasteiger partial charge >= 0.3 is 5.97 Å². The lowest BCUT2D eigenvalue weighted by atomic mass is 9.99. The molecule has 2 aromatic carbocycles. The number of benzene rings is 2. The Morgan fingerprint density at radius 3 is 2.54 bits per heavy atom. The van der Waals surface area contributed by atoms with Gasteiger partial charge in [-0.1, -0.05) is 12.1 Å². The summed E-state index contributed by atoms with van der Waals surface area (Å²) in [6.45, 7) is 7.43. The number of phenols is 1. The summed E-state index contributed by atoms with van der Waals surface area (Å²) in [5, 5.41) is 10.3. The van der Waals surface area contributed by atoms with E-state index in [4.69, 9.17) is 9.15 Å². The summed E-state index contributed by atoms with van der Waals surface area (Å²) in [7, 11) is 0. The van der Waals surface area contributed by atoms with Gasteiger partial charge in [-0.15, -0.1) is 0 Å². The predicted octanol–water partition coefficient (Wildman–Crippen LogP) is 5.07. The van der Waals surface area contributed by atoms with Crippen molar-refractivity contribution in [2.45, 2.75) is 33.3 Å². The molecule has 0 amide bonds. The number of fused-ring (bicyclic) bond motifs is 1. The molecule has 124 valence electrons. The van der Waals surface area contributed by atoms with Crippen LogP contribution in [0.5, 0.6) is 5.75 Å². The highest BCUT2D eigenvalue weighted by Crippen LogP contribution is 2.31. The van der Waals surface area contributed by atoms with E-state index in [2.05, 4.69) is 0 Å². The zero-order chi connectivity index (χ0) is 17.5. The highest BCUT2D eigenvalue weighted by Gasteiger charge is 2.21. The number of ether oxygens (including phenoxy) is 1. The molecule has 0 aliphatic heterocycles. The Kier molecular flexibility index (Phi) is 3.84. The molecule has 0 saturated heterocycles. The molecule has 0 atom stereocenters. The van der Waals surface area contributed by atoms with Crippen LogP contribution in [-0.4, -0.2) is 16.7 Å². The van der Waals surface area contributed by atoms with Gasteiger partial charge in [-0.3, -0.25) is 0 Å². The Morgan fingerprint density at radius 2 is 1.88 bits per heavy atom. The van der Waals surface area contributed by atoms with Crippen LogP contribution in [0.4, 0.5) is 0 Å². The van der Waals surface area contributed by atoms with E-state index >= 15 is 0 Å². The average molecular weight is 324 g/mol. The van der Waals surface area contributed by atoms with E-state index in [-0.39, 0.29) is 5.75 Å². The van der Waals surface area contributed by atoms with Crippen molar-refractivity contribution >= 4 is 16.9 Å². The molecule has 24 heavy (non-hydrogen) atoms. The lowest BCUT2D eigenvalue weighted by Gasteiger charge is -2.18. The summed E-state index contributed by atoms with van der Waals surface area (Å²) in [6.07, 6.45) is 1.44. The summed E-state index contributed by atoms with van der Waals surface area (Å²) in [5.41, 5.74) is 3.43. The molecule has 3 aromatic rings. The number of hydrogen-bond acceptors (Lipinski definition) is 4. The van der Waals surface area contributed by atoms with E-state index in [1.807, 2.05) is 52.0 Å². The third kappa shape index (κ3) is 3.13. The first-order chi connectivity index (χ1) is 11.2. The molecule has 1 aromatic heterocycles. The van der Waals surface area contributed by atoms with Crippen molar-refractivity contribution in [3.8, 4) is 16.9 Å². The molecule has 0 fully saturated rings. The molecule has 0 aliphatic carbocycles. The molecule has 0 spiro atoms. The largest absolute Gasteiger partial charge is 0.508 e. The number of carbonyl (C=O) groups excluding carboxylic acids is 1. The zero-order valence-electron chi connectivity index (χ0n) is 14.2. The Balaban J connectivity index is 2.01. The monoisotopic (exact) mass is 324 g/mol. The average Bonchev–Trinajstić information content (AvgIpc) is 2.88. The van der Waals surface area contributed by atoms with Crippen LogP contribution >= 0.6 is 0 Å². The number of esters is 1. The predicted molar refractivity (Wildman–Crippen MR) is 93.2 cm³/mol. The molecule has 0 radical (unpaired) electrons. The Hall–Kier alpha value is -2.75. The third-order valence-corrected chi connectivity index (χ3v) is 3.72. The minimum Gasteiger partial charge on any atom is -0.508 e. The van der Waals surface area contributed by atoms with Gasteiger partial charge in [0.25, 0.3) is 0 Å². The first-order valence-electron chi connectivity index (χ1n) is 7.79. The third-order valence-electron chi connectivity index (χ3n) is 3.72. The Morgan fingerprint density at radius 1 is 1.12 bits per heavy atom. The van der Waals surface area contributed by atoms with E-state index in [0.29, 0.717) is 11.1 Å². The van der Waals surface area contributed by atoms with Crippen LogP contribution in [0.25, 0.3) is 22.1 Å². The molecule has 4 heteroatoms. The number of aryl methyl sites for hydroxylation is 1. The summed E-state index contributed by atoms with van der Waals surface area (Å²) >= 11 is 0. The molecular formula is C20H20O4. The van der Waals surface area contributed by atoms with Gasteiger partial charge < -0.3 is 14.3 Å². The molecule has 0 bridgehead atoms. The molecule has 1 N–H and O–H groups in total. The summed E-state index contributed by atoms with van der Waals surface area (Å²) in [5.74, 6) is -0.155. The van der Waals surface area contributed by atoms with Gasteiger partial charge in [0.2, 0.25) is 0 Å². The van der Waals surface area contributed by atoms with Crippen molar-refractivity contribution in [2.24, 2.45) is 0 Å². The molecular weight excluding hydrogens is 304 g/mol. The number of rotatable bonds is 2. The van der Waals surface area contributed by atoms with Crippen molar-refractivity contribution in [2.75, 3.05) is 0 Å². The van der Waals surface area contributed by atoms with Crippen LogP contribution in [0.1, 0.15) is 36.7 Å². The highest BCUT2D eigenvalue weighted by atomic mass is 16.6. The molecule has 3 rings (SSSR count). The number of phenolic OH excluding ortho intramolecular Hbond substituents is 1. The van der Waals surface area contributed by atoms with E-state index in [9.17, 15) is 9.90 Å². The fourth-order valence-corrected chi connectivity index (χ4v) is 2.66. The SMILES string of the molecule is Cc1cc(O)ccc1-c1ccc2c(C(=O)OC(C)(C)C)coc2c1. The maximum atomic E-state index is 12.3. The quantitative estimate of drug-likeness (QED) is 0.669. The van der Waals surface area contributed by atoms with E-state index in [1.54, 1.807) is 12.1 Å². The zero-order valence-corrected chi connectivity index (χ0v) is 14.2. The summed E-state index contributed by atoms with van der Waals surface area (Å²) in [6, 6.07) is 10.9. The fourth-order valence-electron chi connectivity index (χ4n) is 2.66. The Bertz CT molecular complexity index is 913. The van der Waals surface area contributed by atoms with Crippen LogP contribution in [0.15, 0.2) is 47.1 Å². The minimum absolute atomic E-state index is 0.238. The second kappa shape index (κ2) is 5.71. The molecule has 0 aliphatic rings. The van der Waals surface area contributed by atoms with Gasteiger partial charge in [-0.05, 0) is 68.7 Å².